The van der Waals surface area contributed by atoms with Crippen LogP contribution in [0.1, 0.15) is 29.9 Å². The molecular formula is C15H18ClN3. The monoisotopic (exact) mass is 275 g/mol. The van der Waals surface area contributed by atoms with Crippen molar-refractivity contribution in [1.82, 2.24) is 15.3 Å². The van der Waals surface area contributed by atoms with Crippen molar-refractivity contribution in [3.63, 3.8) is 0 Å². The second kappa shape index (κ2) is 6.64. The van der Waals surface area contributed by atoms with Crippen molar-refractivity contribution in [2.75, 3.05) is 6.54 Å². The molecule has 0 bridgehead atoms. The van der Waals surface area contributed by atoms with Gasteiger partial charge in [0.15, 0.2) is 0 Å². The van der Waals surface area contributed by atoms with E-state index in [0.29, 0.717) is 0 Å². The number of likely N-dealkylation sites (N-methyl/N-ethyl adjacent to an activating group) is 1. The van der Waals surface area contributed by atoms with E-state index in [9.17, 15) is 0 Å². The first kappa shape index (κ1) is 14.0. The zero-order chi connectivity index (χ0) is 13.7. The lowest BCUT2D eigenvalue weighted by Crippen LogP contribution is -2.25. The van der Waals surface area contributed by atoms with Crippen LogP contribution in [0.4, 0.5) is 0 Å². The first-order valence-electron chi connectivity index (χ1n) is 6.46. The molecule has 0 saturated heterocycles. The predicted octanol–water partition coefficient (Wildman–Crippen LogP) is 3.33. The number of aryl methyl sites for hydroxylation is 1. The summed E-state index contributed by atoms with van der Waals surface area (Å²) in [5.74, 6) is 0.806. The van der Waals surface area contributed by atoms with Gasteiger partial charge in [-0.15, -0.1) is 0 Å². The van der Waals surface area contributed by atoms with E-state index in [-0.39, 0.29) is 6.04 Å². The van der Waals surface area contributed by atoms with E-state index >= 15 is 0 Å². The number of nitrogens with zero attached hydrogens (tertiary/aromatic N) is 2. The number of rotatable bonds is 5. The summed E-state index contributed by atoms with van der Waals surface area (Å²) >= 11 is 6.29. The Morgan fingerprint density at radius 1 is 1.26 bits per heavy atom. The van der Waals surface area contributed by atoms with Crippen LogP contribution in [0.3, 0.4) is 0 Å². The first-order chi connectivity index (χ1) is 9.20. The van der Waals surface area contributed by atoms with E-state index < -0.39 is 0 Å². The molecule has 0 amide bonds. The average Bonchev–Trinajstić information content (AvgIpc) is 2.42. The van der Waals surface area contributed by atoms with Crippen molar-refractivity contribution in [2.45, 2.75) is 26.3 Å². The van der Waals surface area contributed by atoms with Gasteiger partial charge in [0.25, 0.3) is 0 Å². The van der Waals surface area contributed by atoms with Crippen LogP contribution in [0, 0.1) is 6.92 Å². The van der Waals surface area contributed by atoms with Gasteiger partial charge in [0.1, 0.15) is 5.82 Å². The minimum Gasteiger partial charge on any atom is -0.307 e. The standard InChI is InChI=1S/C15H18ClN3/c1-3-17-14(15-18-7-4-8-19-15)10-12-6-5-11(2)9-13(12)16/h4-9,14,17H,3,10H2,1-2H3. The van der Waals surface area contributed by atoms with Gasteiger partial charge in [-0.05, 0) is 43.1 Å². The number of hydrogen-bond donors (Lipinski definition) is 1. The molecular weight excluding hydrogens is 258 g/mol. The van der Waals surface area contributed by atoms with Crippen molar-refractivity contribution in [2.24, 2.45) is 0 Å². The zero-order valence-corrected chi connectivity index (χ0v) is 12.0. The van der Waals surface area contributed by atoms with Crippen LogP contribution in [-0.4, -0.2) is 16.5 Å². The third kappa shape index (κ3) is 3.75. The molecule has 100 valence electrons. The van der Waals surface area contributed by atoms with Gasteiger partial charge >= 0.3 is 0 Å². The second-order valence-corrected chi connectivity index (χ2v) is 4.92. The molecule has 0 aliphatic carbocycles. The van der Waals surface area contributed by atoms with Gasteiger partial charge in [0, 0.05) is 17.4 Å². The molecule has 1 aromatic carbocycles. The summed E-state index contributed by atoms with van der Waals surface area (Å²) in [6, 6.07) is 8.06. The van der Waals surface area contributed by atoms with Crippen LogP contribution in [0.2, 0.25) is 5.02 Å². The molecule has 0 aliphatic heterocycles. The molecule has 0 saturated carbocycles. The molecule has 2 aromatic rings. The molecule has 1 heterocycles. The highest BCUT2D eigenvalue weighted by atomic mass is 35.5. The summed E-state index contributed by atoms with van der Waals surface area (Å²) in [6.07, 6.45) is 4.32. The van der Waals surface area contributed by atoms with Gasteiger partial charge in [0.2, 0.25) is 0 Å². The molecule has 0 radical (unpaired) electrons. The van der Waals surface area contributed by atoms with Crippen LogP contribution in [-0.2, 0) is 6.42 Å². The Bertz CT molecular complexity index is 528. The van der Waals surface area contributed by atoms with Crippen molar-refractivity contribution in [1.29, 1.82) is 0 Å². The van der Waals surface area contributed by atoms with Gasteiger partial charge in [-0.3, -0.25) is 0 Å². The summed E-state index contributed by atoms with van der Waals surface area (Å²) < 4.78 is 0. The summed E-state index contributed by atoms with van der Waals surface area (Å²) in [5.41, 5.74) is 2.29. The Kier molecular flexibility index (Phi) is 4.88. The minimum absolute atomic E-state index is 0.0893. The highest BCUT2D eigenvalue weighted by molar-refractivity contribution is 6.31. The van der Waals surface area contributed by atoms with Crippen molar-refractivity contribution in [3.8, 4) is 0 Å². The first-order valence-corrected chi connectivity index (χ1v) is 6.84. The van der Waals surface area contributed by atoms with Gasteiger partial charge < -0.3 is 5.32 Å². The molecule has 0 aliphatic rings. The van der Waals surface area contributed by atoms with Crippen molar-refractivity contribution < 1.29 is 0 Å². The molecule has 0 spiro atoms. The Hall–Kier alpha value is -1.45. The summed E-state index contributed by atoms with van der Waals surface area (Å²) in [4.78, 5) is 8.65. The van der Waals surface area contributed by atoms with E-state index in [1.165, 1.54) is 5.56 Å². The van der Waals surface area contributed by atoms with Crippen LogP contribution in [0.5, 0.6) is 0 Å². The molecule has 1 aromatic heterocycles. The van der Waals surface area contributed by atoms with Crippen molar-refractivity contribution in [3.05, 3.63) is 58.6 Å². The van der Waals surface area contributed by atoms with Crippen LogP contribution < -0.4 is 5.32 Å². The van der Waals surface area contributed by atoms with E-state index in [1.807, 2.05) is 19.1 Å². The Labute approximate surface area is 119 Å². The van der Waals surface area contributed by atoms with Gasteiger partial charge in [-0.2, -0.15) is 0 Å². The Balaban J connectivity index is 2.21. The zero-order valence-electron chi connectivity index (χ0n) is 11.2. The minimum atomic E-state index is 0.0893. The Morgan fingerprint density at radius 3 is 2.63 bits per heavy atom. The maximum absolute atomic E-state index is 6.29. The fourth-order valence-electron chi connectivity index (χ4n) is 2.03. The predicted molar refractivity (Wildman–Crippen MR) is 78.3 cm³/mol. The van der Waals surface area contributed by atoms with E-state index in [4.69, 9.17) is 11.6 Å². The molecule has 1 N–H and O–H groups in total. The lowest BCUT2D eigenvalue weighted by atomic mass is 10.0. The fraction of sp³-hybridized carbons (Fsp3) is 0.333. The third-order valence-corrected chi connectivity index (χ3v) is 3.33. The van der Waals surface area contributed by atoms with Crippen LogP contribution >= 0.6 is 11.6 Å². The second-order valence-electron chi connectivity index (χ2n) is 4.52. The van der Waals surface area contributed by atoms with E-state index in [0.717, 1.165) is 29.4 Å². The van der Waals surface area contributed by atoms with Gasteiger partial charge in [-0.25, -0.2) is 9.97 Å². The average molecular weight is 276 g/mol. The summed E-state index contributed by atoms with van der Waals surface area (Å²) in [7, 11) is 0. The fourth-order valence-corrected chi connectivity index (χ4v) is 2.34. The third-order valence-electron chi connectivity index (χ3n) is 2.98. The largest absolute Gasteiger partial charge is 0.307 e. The summed E-state index contributed by atoms with van der Waals surface area (Å²) in [6.45, 7) is 4.98. The van der Waals surface area contributed by atoms with Crippen molar-refractivity contribution >= 4 is 11.6 Å². The number of hydrogen-bond acceptors (Lipinski definition) is 3. The molecule has 4 heteroatoms. The maximum atomic E-state index is 6.29. The normalized spacial score (nSPS) is 12.4. The summed E-state index contributed by atoms with van der Waals surface area (Å²) in [5, 5.41) is 4.21. The molecule has 2 rings (SSSR count). The lowest BCUT2D eigenvalue weighted by molar-refractivity contribution is 0.521. The lowest BCUT2D eigenvalue weighted by Gasteiger charge is -2.17. The van der Waals surface area contributed by atoms with Crippen LogP contribution in [0.25, 0.3) is 0 Å². The highest BCUT2D eigenvalue weighted by Crippen LogP contribution is 2.23. The highest BCUT2D eigenvalue weighted by Gasteiger charge is 2.15. The quantitative estimate of drug-likeness (QED) is 0.909. The number of halogens is 1. The number of benzene rings is 1. The number of nitrogens with one attached hydrogen (secondary N) is 1. The van der Waals surface area contributed by atoms with Crippen LogP contribution in [0.15, 0.2) is 36.7 Å². The van der Waals surface area contributed by atoms with Gasteiger partial charge in [-0.1, -0.05) is 30.7 Å². The Morgan fingerprint density at radius 2 is 2.00 bits per heavy atom. The molecule has 1 unspecified atom stereocenters. The van der Waals surface area contributed by atoms with E-state index in [2.05, 4.69) is 34.3 Å². The van der Waals surface area contributed by atoms with E-state index in [1.54, 1.807) is 12.4 Å². The maximum Gasteiger partial charge on any atom is 0.145 e. The molecule has 3 nitrogen and oxygen atoms in total. The smallest absolute Gasteiger partial charge is 0.145 e. The van der Waals surface area contributed by atoms with Gasteiger partial charge in [0.05, 0.1) is 6.04 Å². The molecule has 19 heavy (non-hydrogen) atoms. The number of aromatic nitrogens is 2. The SMILES string of the molecule is CCNC(Cc1ccc(C)cc1Cl)c1ncccn1. The molecule has 1 atom stereocenters. The topological polar surface area (TPSA) is 37.8 Å². The molecule has 0 fully saturated rings.